The largest absolute Gasteiger partial charge is 0.398 e. The molecule has 3 aromatic rings. The minimum absolute atomic E-state index is 0.755. The summed E-state index contributed by atoms with van der Waals surface area (Å²) in [6, 6.07) is 7.81. The molecule has 21 heavy (non-hydrogen) atoms. The number of aromatic nitrogens is 4. The fourth-order valence-corrected chi connectivity index (χ4v) is 2.88. The minimum Gasteiger partial charge on any atom is -0.398 e. The Kier molecular flexibility index (Phi) is 2.70. The molecule has 1 aliphatic rings. The molecule has 5 heteroatoms. The van der Waals surface area contributed by atoms with Crippen molar-refractivity contribution in [3.63, 3.8) is 0 Å². The van der Waals surface area contributed by atoms with Crippen molar-refractivity contribution in [2.75, 3.05) is 5.73 Å². The van der Waals surface area contributed by atoms with Gasteiger partial charge in [0.2, 0.25) is 0 Å². The van der Waals surface area contributed by atoms with Crippen molar-refractivity contribution in [3.05, 3.63) is 54.2 Å². The van der Waals surface area contributed by atoms with Gasteiger partial charge in [0, 0.05) is 34.3 Å². The van der Waals surface area contributed by atoms with Crippen LogP contribution in [0.2, 0.25) is 0 Å². The standard InChI is InChI=1S/C16H15N5/c17-14-6-2-1-4-12(14)11-8-20-21(9-11)16-13-5-3-7-15(13)18-10-19-16/h1-2,4,6,8-10H,3,5,7,17H2. The Bertz CT molecular complexity index is 806. The Hall–Kier alpha value is -2.69. The monoisotopic (exact) mass is 277 g/mol. The second-order valence-electron chi connectivity index (χ2n) is 5.24. The molecular formula is C16H15N5. The highest BCUT2D eigenvalue weighted by atomic mass is 15.3. The summed E-state index contributed by atoms with van der Waals surface area (Å²) in [6.07, 6.45) is 8.62. The van der Waals surface area contributed by atoms with E-state index in [9.17, 15) is 0 Å². The van der Waals surface area contributed by atoms with E-state index in [2.05, 4.69) is 15.1 Å². The second-order valence-corrected chi connectivity index (χ2v) is 5.24. The Labute approximate surface area is 122 Å². The van der Waals surface area contributed by atoms with Crippen LogP contribution in [0.3, 0.4) is 0 Å². The number of fused-ring (bicyclic) bond motifs is 1. The molecule has 4 rings (SSSR count). The van der Waals surface area contributed by atoms with Gasteiger partial charge in [-0.05, 0) is 25.3 Å². The van der Waals surface area contributed by atoms with Crippen LogP contribution in [0.25, 0.3) is 16.9 Å². The first-order chi connectivity index (χ1) is 10.3. The zero-order chi connectivity index (χ0) is 14.2. The average Bonchev–Trinajstić information content (AvgIpc) is 3.16. The number of para-hydroxylation sites is 1. The lowest BCUT2D eigenvalue weighted by molar-refractivity contribution is 0.819. The summed E-state index contributed by atoms with van der Waals surface area (Å²) < 4.78 is 1.83. The minimum atomic E-state index is 0.755. The van der Waals surface area contributed by atoms with E-state index >= 15 is 0 Å². The van der Waals surface area contributed by atoms with Crippen LogP contribution in [0, 0.1) is 0 Å². The molecule has 0 fully saturated rings. The Balaban J connectivity index is 1.79. The summed E-state index contributed by atoms with van der Waals surface area (Å²) in [5.74, 6) is 0.887. The van der Waals surface area contributed by atoms with Crippen LogP contribution in [0.1, 0.15) is 17.7 Å². The third-order valence-electron chi connectivity index (χ3n) is 3.92. The van der Waals surface area contributed by atoms with E-state index in [1.807, 2.05) is 41.3 Å². The number of nitrogens with zero attached hydrogens (tertiary/aromatic N) is 4. The highest BCUT2D eigenvalue weighted by molar-refractivity contribution is 5.75. The molecule has 0 saturated heterocycles. The van der Waals surface area contributed by atoms with Gasteiger partial charge in [0.1, 0.15) is 6.33 Å². The molecule has 5 nitrogen and oxygen atoms in total. The van der Waals surface area contributed by atoms with Crippen LogP contribution < -0.4 is 5.73 Å². The van der Waals surface area contributed by atoms with Gasteiger partial charge in [-0.15, -0.1) is 0 Å². The predicted molar refractivity (Wildman–Crippen MR) is 81.0 cm³/mol. The Morgan fingerprint density at radius 3 is 2.90 bits per heavy atom. The van der Waals surface area contributed by atoms with Crippen LogP contribution in [0.15, 0.2) is 43.0 Å². The number of aryl methyl sites for hydroxylation is 1. The number of hydrogen-bond acceptors (Lipinski definition) is 4. The third kappa shape index (κ3) is 1.98. The fraction of sp³-hybridized carbons (Fsp3) is 0.188. The SMILES string of the molecule is Nc1ccccc1-c1cnn(-c2ncnc3c2CCC3)c1. The number of anilines is 1. The van der Waals surface area contributed by atoms with E-state index in [1.54, 1.807) is 6.33 Å². The lowest BCUT2D eigenvalue weighted by Crippen LogP contribution is -2.04. The Morgan fingerprint density at radius 1 is 1.10 bits per heavy atom. The van der Waals surface area contributed by atoms with Gasteiger partial charge in [-0.1, -0.05) is 18.2 Å². The first-order valence-corrected chi connectivity index (χ1v) is 7.05. The van der Waals surface area contributed by atoms with Gasteiger partial charge in [-0.25, -0.2) is 14.6 Å². The molecule has 0 atom stereocenters. The molecule has 0 spiro atoms. The third-order valence-corrected chi connectivity index (χ3v) is 3.92. The molecule has 2 aromatic heterocycles. The molecule has 2 heterocycles. The van der Waals surface area contributed by atoms with Crippen LogP contribution >= 0.6 is 0 Å². The summed E-state index contributed by atoms with van der Waals surface area (Å²) in [4.78, 5) is 8.76. The van der Waals surface area contributed by atoms with Crippen LogP contribution in [-0.2, 0) is 12.8 Å². The van der Waals surface area contributed by atoms with Crippen molar-refractivity contribution >= 4 is 5.69 Å². The van der Waals surface area contributed by atoms with E-state index in [0.29, 0.717) is 0 Å². The lowest BCUT2D eigenvalue weighted by Gasteiger charge is -2.06. The molecular weight excluding hydrogens is 262 g/mol. The van der Waals surface area contributed by atoms with Crippen molar-refractivity contribution in [2.45, 2.75) is 19.3 Å². The normalized spacial score (nSPS) is 13.3. The quantitative estimate of drug-likeness (QED) is 0.730. The van der Waals surface area contributed by atoms with Crippen LogP contribution in [-0.4, -0.2) is 19.7 Å². The molecule has 0 unspecified atom stereocenters. The summed E-state index contributed by atoms with van der Waals surface area (Å²) in [5, 5.41) is 4.45. The molecule has 2 N–H and O–H groups in total. The number of nitrogens with two attached hydrogens (primary N) is 1. The highest BCUT2D eigenvalue weighted by Crippen LogP contribution is 2.28. The highest BCUT2D eigenvalue weighted by Gasteiger charge is 2.18. The predicted octanol–water partition coefficient (Wildman–Crippen LogP) is 2.40. The number of hydrogen-bond donors (Lipinski definition) is 1. The molecule has 104 valence electrons. The van der Waals surface area contributed by atoms with Gasteiger partial charge in [-0.3, -0.25) is 0 Å². The molecule has 0 bridgehead atoms. The van der Waals surface area contributed by atoms with Gasteiger partial charge in [0.25, 0.3) is 0 Å². The zero-order valence-electron chi connectivity index (χ0n) is 11.5. The molecule has 1 aliphatic carbocycles. The van der Waals surface area contributed by atoms with E-state index in [-0.39, 0.29) is 0 Å². The maximum atomic E-state index is 6.03. The van der Waals surface area contributed by atoms with Crippen LogP contribution in [0.4, 0.5) is 5.69 Å². The number of rotatable bonds is 2. The maximum Gasteiger partial charge on any atom is 0.160 e. The smallest absolute Gasteiger partial charge is 0.160 e. The van der Waals surface area contributed by atoms with Crippen molar-refractivity contribution in [1.82, 2.24) is 19.7 Å². The van der Waals surface area contributed by atoms with Gasteiger partial charge in [0.15, 0.2) is 5.82 Å². The van der Waals surface area contributed by atoms with Gasteiger partial charge >= 0.3 is 0 Å². The molecule has 0 aliphatic heterocycles. The van der Waals surface area contributed by atoms with Gasteiger partial charge in [0.05, 0.1) is 6.20 Å². The number of nitrogen functional groups attached to an aromatic ring is 1. The van der Waals surface area contributed by atoms with Gasteiger partial charge < -0.3 is 5.73 Å². The van der Waals surface area contributed by atoms with Crippen molar-refractivity contribution < 1.29 is 0 Å². The average molecular weight is 277 g/mol. The number of benzene rings is 1. The summed E-state index contributed by atoms with van der Waals surface area (Å²) in [5.41, 5.74) is 11.1. The first-order valence-electron chi connectivity index (χ1n) is 7.05. The fourth-order valence-electron chi connectivity index (χ4n) is 2.88. The second kappa shape index (κ2) is 4.70. The maximum absolute atomic E-state index is 6.03. The van der Waals surface area contributed by atoms with Crippen molar-refractivity contribution in [1.29, 1.82) is 0 Å². The lowest BCUT2D eigenvalue weighted by atomic mass is 10.1. The Morgan fingerprint density at radius 2 is 2.00 bits per heavy atom. The summed E-state index contributed by atoms with van der Waals surface area (Å²) >= 11 is 0. The first kappa shape index (κ1) is 12.1. The molecule has 0 amide bonds. The summed E-state index contributed by atoms with van der Waals surface area (Å²) in [6.45, 7) is 0. The van der Waals surface area contributed by atoms with Crippen LogP contribution in [0.5, 0.6) is 0 Å². The zero-order valence-corrected chi connectivity index (χ0v) is 11.5. The van der Waals surface area contributed by atoms with Crippen molar-refractivity contribution in [3.8, 4) is 16.9 Å². The van der Waals surface area contributed by atoms with E-state index in [1.165, 1.54) is 5.56 Å². The van der Waals surface area contributed by atoms with Gasteiger partial charge in [-0.2, -0.15) is 5.10 Å². The van der Waals surface area contributed by atoms with E-state index in [0.717, 1.165) is 47.6 Å². The van der Waals surface area contributed by atoms with Crippen molar-refractivity contribution in [2.24, 2.45) is 0 Å². The van der Waals surface area contributed by atoms with E-state index < -0.39 is 0 Å². The molecule has 0 radical (unpaired) electrons. The van der Waals surface area contributed by atoms with E-state index in [4.69, 9.17) is 5.73 Å². The molecule has 1 aromatic carbocycles. The topological polar surface area (TPSA) is 69.6 Å². The summed E-state index contributed by atoms with van der Waals surface area (Å²) in [7, 11) is 0. The molecule has 0 saturated carbocycles.